The number of hydrogen-bond acceptors (Lipinski definition) is 4. The molecule has 0 bridgehead atoms. The first-order valence-corrected chi connectivity index (χ1v) is 8.59. The van der Waals surface area contributed by atoms with E-state index in [-0.39, 0.29) is 18.3 Å². The number of likely N-dealkylation sites (tertiary alicyclic amines) is 1. The number of quaternary nitrogens is 1. The summed E-state index contributed by atoms with van der Waals surface area (Å²) in [6, 6.07) is 6.28. The van der Waals surface area contributed by atoms with Crippen LogP contribution in [0.5, 0.6) is 0 Å². The zero-order valence-corrected chi connectivity index (χ0v) is 15.0. The minimum atomic E-state index is -0.678. The van der Waals surface area contributed by atoms with Crippen LogP contribution in [-0.2, 0) is 9.53 Å². The Morgan fingerprint density at radius 1 is 1.26 bits per heavy atom. The highest BCUT2D eigenvalue weighted by Crippen LogP contribution is 2.33. The summed E-state index contributed by atoms with van der Waals surface area (Å²) < 4.78 is 5.24. The molecule has 2 unspecified atom stereocenters. The summed E-state index contributed by atoms with van der Waals surface area (Å²) in [6.45, 7) is 3.61. The molecule has 5 nitrogen and oxygen atoms in total. The molecule has 0 aromatic heterocycles. The van der Waals surface area contributed by atoms with Gasteiger partial charge >= 0.3 is 12.0 Å². The summed E-state index contributed by atoms with van der Waals surface area (Å²) >= 11 is 3.36. The molecule has 1 aliphatic heterocycles. The monoisotopic (exact) mass is 382 g/mol. The van der Waals surface area contributed by atoms with E-state index in [2.05, 4.69) is 15.9 Å². The third-order valence-corrected chi connectivity index (χ3v) is 4.99. The van der Waals surface area contributed by atoms with Crippen molar-refractivity contribution in [1.82, 2.24) is 0 Å². The van der Waals surface area contributed by atoms with Gasteiger partial charge < -0.3 is 4.74 Å². The van der Waals surface area contributed by atoms with E-state index in [0.29, 0.717) is 29.4 Å². The topological polar surface area (TPSA) is 60.4 Å². The number of nitrogens with zero attached hydrogens (tertiary/aromatic N) is 1. The fourth-order valence-electron chi connectivity index (χ4n) is 3.22. The van der Waals surface area contributed by atoms with Gasteiger partial charge in [-0.25, -0.2) is 4.79 Å². The number of benzene rings is 1. The van der Waals surface area contributed by atoms with Gasteiger partial charge in [0.15, 0.2) is 11.8 Å². The van der Waals surface area contributed by atoms with E-state index in [1.165, 1.54) is 6.92 Å². The van der Waals surface area contributed by atoms with Crippen LogP contribution in [0.1, 0.15) is 43.5 Å². The number of amides is 2. The predicted octanol–water partition coefficient (Wildman–Crippen LogP) is 3.70. The molecule has 0 radical (unpaired) electrons. The predicted molar refractivity (Wildman–Crippen MR) is 88.9 cm³/mol. The van der Waals surface area contributed by atoms with Crippen LogP contribution in [0.4, 0.5) is 4.79 Å². The summed E-state index contributed by atoms with van der Waals surface area (Å²) in [5.41, 5.74) is 0.397. The van der Waals surface area contributed by atoms with Crippen molar-refractivity contribution >= 4 is 33.7 Å². The lowest BCUT2D eigenvalue weighted by atomic mass is 9.94. The van der Waals surface area contributed by atoms with Gasteiger partial charge in [-0.3, -0.25) is 4.79 Å². The van der Waals surface area contributed by atoms with Crippen molar-refractivity contribution < 1.29 is 23.6 Å². The number of imide groups is 1. The molecule has 1 aromatic carbocycles. The maximum atomic E-state index is 13.3. The van der Waals surface area contributed by atoms with Crippen molar-refractivity contribution in [1.29, 1.82) is 0 Å². The number of hydrogen-bond donors (Lipinski definition) is 0. The molecule has 1 fully saturated rings. The van der Waals surface area contributed by atoms with Gasteiger partial charge in [-0.2, -0.15) is 4.79 Å². The zero-order valence-electron chi connectivity index (χ0n) is 13.4. The lowest BCUT2D eigenvalue weighted by molar-refractivity contribution is -0.799. The summed E-state index contributed by atoms with van der Waals surface area (Å²) in [5.74, 6) is -0.533. The van der Waals surface area contributed by atoms with Crippen molar-refractivity contribution in [3.8, 4) is 0 Å². The second kappa shape index (κ2) is 7.36. The van der Waals surface area contributed by atoms with Crippen LogP contribution < -0.4 is 0 Å². The van der Waals surface area contributed by atoms with Crippen LogP contribution in [-0.4, -0.2) is 41.5 Å². The Kier molecular flexibility index (Phi) is 5.70. The summed E-state index contributed by atoms with van der Waals surface area (Å²) in [6.07, 6.45) is 1.42. The average Bonchev–Trinajstić information content (AvgIpc) is 2.54. The highest BCUT2D eigenvalue weighted by atomic mass is 79.9. The molecule has 23 heavy (non-hydrogen) atoms. The van der Waals surface area contributed by atoms with Gasteiger partial charge in [-0.15, -0.1) is 4.48 Å². The van der Waals surface area contributed by atoms with Crippen molar-refractivity contribution in [3.63, 3.8) is 0 Å². The number of rotatable bonds is 3. The molecule has 0 N–H and O–H groups in total. The highest BCUT2D eigenvalue weighted by Gasteiger charge is 2.56. The molecule has 1 aliphatic rings. The summed E-state index contributed by atoms with van der Waals surface area (Å²) in [4.78, 5) is 38.1. The smallest absolute Gasteiger partial charge is 0.420 e. The van der Waals surface area contributed by atoms with Crippen LogP contribution in [0.2, 0.25) is 0 Å². The Labute approximate surface area is 144 Å². The van der Waals surface area contributed by atoms with Gasteiger partial charge in [0.25, 0.3) is 0 Å². The Morgan fingerprint density at radius 2 is 1.96 bits per heavy atom. The van der Waals surface area contributed by atoms with Gasteiger partial charge in [0.05, 0.1) is 18.7 Å². The van der Waals surface area contributed by atoms with Crippen molar-refractivity contribution in [3.05, 3.63) is 34.3 Å². The Hall–Kier alpha value is -1.53. The maximum Gasteiger partial charge on any atom is 0.524 e. The number of Topliss-reactive ketones (excluding diaryl/α,β-unsaturated/α-hetero) is 1. The lowest BCUT2D eigenvalue weighted by Gasteiger charge is -2.40. The number of halogens is 1. The van der Waals surface area contributed by atoms with E-state index < -0.39 is 16.6 Å². The molecule has 0 spiro atoms. The lowest BCUT2D eigenvalue weighted by Crippen LogP contribution is -2.67. The van der Waals surface area contributed by atoms with Crippen LogP contribution in [0.3, 0.4) is 0 Å². The first kappa shape index (κ1) is 17.8. The van der Waals surface area contributed by atoms with E-state index in [1.54, 1.807) is 31.2 Å². The SMILES string of the molecule is CCOC(=O)[N+]1(C(=O)c2ccccc2Br)CCCCC1C(C)=O. The quantitative estimate of drug-likeness (QED) is 0.747. The first-order valence-electron chi connectivity index (χ1n) is 7.80. The number of carbonyl (C=O) groups is 3. The summed E-state index contributed by atoms with van der Waals surface area (Å²) in [7, 11) is 0. The number of ether oxygens (including phenoxy) is 1. The Balaban J connectivity index is 2.57. The molecule has 1 aromatic rings. The fraction of sp³-hybridized carbons (Fsp3) is 0.471. The molecule has 2 atom stereocenters. The zero-order chi connectivity index (χ0) is 17.0. The first-order chi connectivity index (χ1) is 10.9. The molecular formula is C17H21BrNO4+. The largest absolute Gasteiger partial charge is 0.524 e. The van der Waals surface area contributed by atoms with Crippen molar-refractivity contribution in [2.75, 3.05) is 13.2 Å². The highest BCUT2D eigenvalue weighted by molar-refractivity contribution is 9.10. The van der Waals surface area contributed by atoms with E-state index in [9.17, 15) is 14.4 Å². The van der Waals surface area contributed by atoms with E-state index in [1.807, 2.05) is 0 Å². The van der Waals surface area contributed by atoms with Crippen LogP contribution in [0.15, 0.2) is 28.7 Å². The molecule has 1 heterocycles. The second-order valence-electron chi connectivity index (χ2n) is 5.70. The molecule has 0 aliphatic carbocycles. The van der Waals surface area contributed by atoms with Gasteiger partial charge in [0.2, 0.25) is 0 Å². The second-order valence-corrected chi connectivity index (χ2v) is 6.55. The fourth-order valence-corrected chi connectivity index (χ4v) is 3.68. The Morgan fingerprint density at radius 3 is 2.57 bits per heavy atom. The average molecular weight is 383 g/mol. The Bertz CT molecular complexity index is 631. The summed E-state index contributed by atoms with van der Waals surface area (Å²) in [5, 5.41) is 0. The van der Waals surface area contributed by atoms with E-state index >= 15 is 0 Å². The molecule has 2 amide bonds. The van der Waals surface area contributed by atoms with Gasteiger partial charge in [-0.05, 0) is 47.8 Å². The molecule has 1 saturated heterocycles. The standard InChI is InChI=1S/C17H21BrNO4/c1-3-23-17(22)19(11-7-6-10-15(19)12(2)20)16(21)13-8-4-5-9-14(13)18/h4-5,8-9,15H,3,6-7,10-11H2,1-2H3/q+1. The molecule has 6 heteroatoms. The number of ketones is 1. The van der Waals surface area contributed by atoms with E-state index in [0.717, 1.165) is 6.42 Å². The minimum absolute atomic E-state index is 0.154. The van der Waals surface area contributed by atoms with Crippen LogP contribution >= 0.6 is 15.9 Å². The molecule has 124 valence electrons. The third-order valence-electron chi connectivity index (χ3n) is 4.30. The maximum absolute atomic E-state index is 13.3. The van der Waals surface area contributed by atoms with Gasteiger partial charge in [0, 0.05) is 17.8 Å². The van der Waals surface area contributed by atoms with Crippen LogP contribution in [0, 0.1) is 0 Å². The molecule has 2 rings (SSSR count). The number of carbonyl (C=O) groups excluding carboxylic acids is 3. The van der Waals surface area contributed by atoms with Gasteiger partial charge in [0.1, 0.15) is 0 Å². The van der Waals surface area contributed by atoms with Crippen LogP contribution in [0.25, 0.3) is 0 Å². The van der Waals surface area contributed by atoms with Crippen molar-refractivity contribution in [2.45, 2.75) is 39.2 Å². The normalized spacial score (nSPS) is 24.0. The number of piperidine rings is 1. The molecule has 0 saturated carbocycles. The van der Waals surface area contributed by atoms with E-state index in [4.69, 9.17) is 4.74 Å². The van der Waals surface area contributed by atoms with Crippen molar-refractivity contribution in [2.24, 2.45) is 0 Å². The third kappa shape index (κ3) is 3.23. The molecular weight excluding hydrogens is 362 g/mol. The van der Waals surface area contributed by atoms with Gasteiger partial charge in [-0.1, -0.05) is 12.1 Å². The minimum Gasteiger partial charge on any atom is -0.420 e.